The second kappa shape index (κ2) is 3.82. The highest BCUT2D eigenvalue weighted by Crippen LogP contribution is 2.18. The van der Waals surface area contributed by atoms with E-state index in [2.05, 4.69) is 30.6 Å². The Morgan fingerprint density at radius 2 is 2.00 bits per heavy atom. The zero-order valence-corrected chi connectivity index (χ0v) is 9.06. The van der Waals surface area contributed by atoms with Crippen molar-refractivity contribution in [3.05, 3.63) is 34.6 Å². The van der Waals surface area contributed by atoms with Gasteiger partial charge in [-0.3, -0.25) is 4.79 Å². The summed E-state index contributed by atoms with van der Waals surface area (Å²) in [5, 5.41) is 3.64. The van der Waals surface area contributed by atoms with Crippen LogP contribution in [-0.2, 0) is 0 Å². The van der Waals surface area contributed by atoms with Gasteiger partial charge in [0.25, 0.3) is 0 Å². The van der Waals surface area contributed by atoms with Crippen molar-refractivity contribution < 1.29 is 9.32 Å². The molecule has 0 aliphatic rings. The summed E-state index contributed by atoms with van der Waals surface area (Å²) in [7, 11) is 0. The minimum absolute atomic E-state index is 0.187. The van der Waals surface area contributed by atoms with Gasteiger partial charge in [-0.25, -0.2) is 0 Å². The quantitative estimate of drug-likeness (QED) is 0.896. The Labute approximate surface area is 93.4 Å². The van der Waals surface area contributed by atoms with Crippen LogP contribution in [0, 0.1) is 0 Å². The van der Waals surface area contributed by atoms with E-state index in [1.165, 1.54) is 0 Å². The fourth-order valence-corrected chi connectivity index (χ4v) is 1.30. The number of halogens is 1. The molecule has 0 atom stereocenters. The summed E-state index contributed by atoms with van der Waals surface area (Å²) in [6, 6.07) is 7.30. The normalized spacial score (nSPS) is 10.2. The van der Waals surface area contributed by atoms with Crippen molar-refractivity contribution in [3.63, 3.8) is 0 Å². The van der Waals surface area contributed by atoms with Crippen LogP contribution >= 0.6 is 15.9 Å². The molecule has 0 saturated carbocycles. The topological polar surface area (TPSA) is 82.0 Å². The zero-order valence-electron chi connectivity index (χ0n) is 7.48. The van der Waals surface area contributed by atoms with E-state index in [9.17, 15) is 4.79 Å². The molecule has 0 fully saturated rings. The minimum atomic E-state index is -0.731. The number of benzene rings is 1. The van der Waals surface area contributed by atoms with Crippen molar-refractivity contribution in [2.24, 2.45) is 5.73 Å². The first-order chi connectivity index (χ1) is 7.16. The van der Waals surface area contributed by atoms with Crippen molar-refractivity contribution in [2.45, 2.75) is 0 Å². The van der Waals surface area contributed by atoms with Crippen molar-refractivity contribution in [3.8, 4) is 11.4 Å². The van der Waals surface area contributed by atoms with Gasteiger partial charge in [-0.1, -0.05) is 21.1 Å². The zero-order chi connectivity index (χ0) is 10.8. The summed E-state index contributed by atoms with van der Waals surface area (Å²) in [6.45, 7) is 0. The first kappa shape index (κ1) is 9.85. The van der Waals surface area contributed by atoms with Crippen LogP contribution in [0.1, 0.15) is 10.7 Å². The SMILES string of the molecule is NC(=O)c1nc(-c2ccc(Br)cc2)no1. The van der Waals surface area contributed by atoms with Crippen molar-refractivity contribution in [2.75, 3.05) is 0 Å². The molecule has 0 radical (unpaired) electrons. The van der Waals surface area contributed by atoms with Gasteiger partial charge in [0.15, 0.2) is 0 Å². The number of amides is 1. The second-order valence-electron chi connectivity index (χ2n) is 2.79. The molecule has 0 aliphatic heterocycles. The standard InChI is InChI=1S/C9H6BrN3O2/c10-6-3-1-5(2-4-6)8-12-9(7(11)14)15-13-8/h1-4H,(H2,11,14). The Morgan fingerprint density at radius 3 is 2.53 bits per heavy atom. The average Bonchev–Trinajstić information content (AvgIpc) is 2.68. The monoisotopic (exact) mass is 267 g/mol. The van der Waals surface area contributed by atoms with Gasteiger partial charge >= 0.3 is 11.8 Å². The Hall–Kier alpha value is -1.69. The van der Waals surface area contributed by atoms with Crippen LogP contribution in [0.2, 0.25) is 0 Å². The number of aromatic nitrogens is 2. The molecule has 0 aliphatic carbocycles. The maximum Gasteiger partial charge on any atom is 0.316 e. The lowest BCUT2D eigenvalue weighted by atomic mass is 10.2. The molecule has 2 rings (SSSR count). The Morgan fingerprint density at radius 1 is 1.33 bits per heavy atom. The maximum atomic E-state index is 10.7. The van der Waals surface area contributed by atoms with E-state index >= 15 is 0 Å². The lowest BCUT2D eigenvalue weighted by molar-refractivity contribution is 0.0958. The van der Waals surface area contributed by atoms with Gasteiger partial charge in [0.05, 0.1) is 0 Å². The van der Waals surface area contributed by atoms with Crippen molar-refractivity contribution in [1.82, 2.24) is 10.1 Å². The molecule has 2 aromatic rings. The molecular weight excluding hydrogens is 262 g/mol. The molecule has 6 heteroatoms. The summed E-state index contributed by atoms with van der Waals surface area (Å²) >= 11 is 3.31. The minimum Gasteiger partial charge on any atom is -0.361 e. The highest BCUT2D eigenvalue weighted by atomic mass is 79.9. The van der Waals surface area contributed by atoms with Crippen LogP contribution in [0.25, 0.3) is 11.4 Å². The number of hydrogen-bond acceptors (Lipinski definition) is 4. The maximum absolute atomic E-state index is 10.7. The Bertz CT molecular complexity index is 492. The highest BCUT2D eigenvalue weighted by molar-refractivity contribution is 9.10. The van der Waals surface area contributed by atoms with Crippen molar-refractivity contribution in [1.29, 1.82) is 0 Å². The molecule has 1 aromatic heterocycles. The third kappa shape index (κ3) is 2.04. The first-order valence-electron chi connectivity index (χ1n) is 4.06. The molecule has 0 saturated heterocycles. The Kier molecular flexibility index (Phi) is 2.51. The van der Waals surface area contributed by atoms with E-state index in [0.29, 0.717) is 5.82 Å². The number of nitrogens with zero attached hydrogens (tertiary/aromatic N) is 2. The van der Waals surface area contributed by atoms with E-state index in [-0.39, 0.29) is 5.89 Å². The number of carbonyl (C=O) groups is 1. The van der Waals surface area contributed by atoms with E-state index < -0.39 is 5.91 Å². The van der Waals surface area contributed by atoms with Crippen LogP contribution in [0.5, 0.6) is 0 Å². The van der Waals surface area contributed by atoms with E-state index in [0.717, 1.165) is 10.0 Å². The molecule has 5 nitrogen and oxygen atoms in total. The van der Waals surface area contributed by atoms with E-state index in [4.69, 9.17) is 5.73 Å². The largest absolute Gasteiger partial charge is 0.361 e. The van der Waals surface area contributed by atoms with Gasteiger partial charge in [0, 0.05) is 10.0 Å². The van der Waals surface area contributed by atoms with Gasteiger partial charge in [0.1, 0.15) is 0 Å². The number of primary amides is 1. The highest BCUT2D eigenvalue weighted by Gasteiger charge is 2.12. The molecule has 0 unspecified atom stereocenters. The van der Waals surface area contributed by atoms with Crippen LogP contribution in [0.15, 0.2) is 33.3 Å². The predicted molar refractivity (Wildman–Crippen MR) is 56.0 cm³/mol. The lowest BCUT2D eigenvalue weighted by Gasteiger charge is -1.92. The molecule has 0 spiro atoms. The molecule has 2 N–H and O–H groups in total. The van der Waals surface area contributed by atoms with Gasteiger partial charge in [-0.05, 0) is 24.3 Å². The summed E-state index contributed by atoms with van der Waals surface area (Å²) in [5.41, 5.74) is 5.75. The molecule has 1 amide bonds. The summed E-state index contributed by atoms with van der Waals surface area (Å²) in [4.78, 5) is 14.6. The smallest absolute Gasteiger partial charge is 0.316 e. The van der Waals surface area contributed by atoms with Crippen molar-refractivity contribution >= 4 is 21.8 Å². The van der Waals surface area contributed by atoms with Gasteiger partial charge in [-0.2, -0.15) is 4.98 Å². The number of nitrogens with two attached hydrogens (primary N) is 1. The fourth-order valence-electron chi connectivity index (χ4n) is 1.04. The number of hydrogen-bond donors (Lipinski definition) is 1. The Balaban J connectivity index is 2.37. The van der Waals surface area contributed by atoms with E-state index in [1.54, 1.807) is 12.1 Å². The second-order valence-corrected chi connectivity index (χ2v) is 3.71. The first-order valence-corrected chi connectivity index (χ1v) is 4.85. The molecule has 0 bridgehead atoms. The van der Waals surface area contributed by atoms with Crippen LogP contribution < -0.4 is 5.73 Å². The van der Waals surface area contributed by atoms with Crippen LogP contribution in [0.3, 0.4) is 0 Å². The number of rotatable bonds is 2. The third-order valence-corrected chi connectivity index (χ3v) is 2.27. The van der Waals surface area contributed by atoms with Crippen LogP contribution in [-0.4, -0.2) is 16.0 Å². The third-order valence-electron chi connectivity index (χ3n) is 1.74. The van der Waals surface area contributed by atoms with Crippen LogP contribution in [0.4, 0.5) is 0 Å². The molecule has 1 heterocycles. The average molecular weight is 268 g/mol. The molecular formula is C9H6BrN3O2. The molecule has 1 aromatic carbocycles. The number of carbonyl (C=O) groups excluding carboxylic acids is 1. The predicted octanol–water partition coefficient (Wildman–Crippen LogP) is 1.60. The van der Waals surface area contributed by atoms with Gasteiger partial charge < -0.3 is 10.3 Å². The van der Waals surface area contributed by atoms with E-state index in [1.807, 2.05) is 12.1 Å². The molecule has 15 heavy (non-hydrogen) atoms. The van der Waals surface area contributed by atoms with Gasteiger partial charge in [-0.15, -0.1) is 0 Å². The summed E-state index contributed by atoms with van der Waals surface area (Å²) < 4.78 is 5.61. The summed E-state index contributed by atoms with van der Waals surface area (Å²) in [5.74, 6) is -0.574. The fraction of sp³-hybridized carbons (Fsp3) is 0. The lowest BCUT2D eigenvalue weighted by Crippen LogP contribution is -2.10. The summed E-state index contributed by atoms with van der Waals surface area (Å²) in [6.07, 6.45) is 0. The molecule has 76 valence electrons. The van der Waals surface area contributed by atoms with Gasteiger partial charge in [0.2, 0.25) is 5.82 Å².